The minimum Gasteiger partial charge on any atom is -0.341 e. The monoisotopic (exact) mass is 178 g/mol. The first kappa shape index (κ1) is 9.58. The summed E-state index contributed by atoms with van der Waals surface area (Å²) < 4.78 is 0. The molecule has 0 atom stereocenters. The molecule has 0 heterocycles. The number of para-hydroxylation sites is 1. The highest BCUT2D eigenvalue weighted by molar-refractivity contribution is 5.90. The molecule has 13 heavy (non-hydrogen) atoms. The summed E-state index contributed by atoms with van der Waals surface area (Å²) in [6, 6.07) is 5.73. The predicted octanol–water partition coefficient (Wildman–Crippen LogP) is 2.05. The zero-order valence-corrected chi connectivity index (χ0v) is 8.14. The van der Waals surface area contributed by atoms with Gasteiger partial charge < -0.3 is 10.6 Å². The zero-order valence-electron chi connectivity index (χ0n) is 8.14. The molecule has 1 rings (SSSR count). The number of urea groups is 1. The molecule has 2 N–H and O–H groups in total. The molecule has 0 aromatic heterocycles. The highest BCUT2D eigenvalue weighted by Gasteiger charge is 2.03. The maximum absolute atomic E-state index is 11.1. The summed E-state index contributed by atoms with van der Waals surface area (Å²) in [5.74, 6) is 0. The topological polar surface area (TPSA) is 41.1 Å². The Balaban J connectivity index is 2.93. The lowest BCUT2D eigenvalue weighted by Crippen LogP contribution is -2.25. The van der Waals surface area contributed by atoms with Crippen molar-refractivity contribution in [3.63, 3.8) is 0 Å². The molecule has 0 spiro atoms. The molecule has 2 amide bonds. The highest BCUT2D eigenvalue weighted by Crippen LogP contribution is 2.18. The number of hydrogen-bond donors (Lipinski definition) is 2. The van der Waals surface area contributed by atoms with Gasteiger partial charge in [0, 0.05) is 12.7 Å². The van der Waals surface area contributed by atoms with Crippen molar-refractivity contribution in [2.45, 2.75) is 13.8 Å². The molecule has 0 unspecified atom stereocenters. The van der Waals surface area contributed by atoms with Crippen LogP contribution in [-0.4, -0.2) is 13.1 Å². The van der Waals surface area contributed by atoms with Crippen molar-refractivity contribution in [1.29, 1.82) is 0 Å². The Morgan fingerprint density at radius 2 is 1.77 bits per heavy atom. The summed E-state index contributed by atoms with van der Waals surface area (Å²) in [7, 11) is 1.60. The van der Waals surface area contributed by atoms with Crippen LogP contribution >= 0.6 is 0 Å². The van der Waals surface area contributed by atoms with E-state index in [1.165, 1.54) is 0 Å². The third-order valence-corrected chi connectivity index (χ3v) is 1.95. The summed E-state index contributed by atoms with van der Waals surface area (Å²) in [6.45, 7) is 3.94. The second-order valence-electron chi connectivity index (χ2n) is 2.97. The van der Waals surface area contributed by atoms with Crippen LogP contribution in [0, 0.1) is 13.8 Å². The van der Waals surface area contributed by atoms with Gasteiger partial charge in [0.15, 0.2) is 0 Å². The first-order chi connectivity index (χ1) is 6.15. The second kappa shape index (κ2) is 3.94. The van der Waals surface area contributed by atoms with Crippen molar-refractivity contribution < 1.29 is 4.79 Å². The molecule has 0 saturated carbocycles. The molecule has 1 aromatic carbocycles. The number of amides is 2. The van der Waals surface area contributed by atoms with Crippen LogP contribution in [0.25, 0.3) is 0 Å². The number of rotatable bonds is 1. The summed E-state index contributed by atoms with van der Waals surface area (Å²) in [6.07, 6.45) is 0. The Hall–Kier alpha value is -1.51. The number of benzene rings is 1. The van der Waals surface area contributed by atoms with Gasteiger partial charge in [-0.25, -0.2) is 4.79 Å². The van der Waals surface area contributed by atoms with Gasteiger partial charge in [-0.05, 0) is 25.0 Å². The van der Waals surface area contributed by atoms with Gasteiger partial charge in [-0.15, -0.1) is 0 Å². The van der Waals surface area contributed by atoms with Crippen molar-refractivity contribution in [2.24, 2.45) is 0 Å². The molecule has 0 bridgehead atoms. The number of carbonyl (C=O) groups is 1. The van der Waals surface area contributed by atoms with Gasteiger partial charge in [0.2, 0.25) is 0 Å². The first-order valence-corrected chi connectivity index (χ1v) is 4.20. The highest BCUT2D eigenvalue weighted by atomic mass is 16.2. The van der Waals surface area contributed by atoms with E-state index in [0.717, 1.165) is 16.8 Å². The zero-order chi connectivity index (χ0) is 9.84. The molecule has 70 valence electrons. The number of aryl methyl sites for hydroxylation is 2. The van der Waals surface area contributed by atoms with Crippen LogP contribution in [0.4, 0.5) is 10.5 Å². The molecule has 0 fully saturated rings. The van der Waals surface area contributed by atoms with E-state index in [0.29, 0.717) is 0 Å². The maximum Gasteiger partial charge on any atom is 0.318 e. The molecule has 0 aliphatic carbocycles. The van der Waals surface area contributed by atoms with Gasteiger partial charge in [0.25, 0.3) is 0 Å². The van der Waals surface area contributed by atoms with Crippen LogP contribution in [0.2, 0.25) is 0 Å². The molecule has 1 aromatic rings. The van der Waals surface area contributed by atoms with E-state index in [2.05, 4.69) is 10.6 Å². The maximum atomic E-state index is 11.1. The van der Waals surface area contributed by atoms with Crippen LogP contribution in [0.1, 0.15) is 11.1 Å². The fourth-order valence-electron chi connectivity index (χ4n) is 1.19. The number of anilines is 1. The van der Waals surface area contributed by atoms with E-state index in [1.54, 1.807) is 7.05 Å². The fraction of sp³-hybridized carbons (Fsp3) is 0.300. The summed E-state index contributed by atoms with van der Waals surface area (Å²) in [5.41, 5.74) is 3.04. The summed E-state index contributed by atoms with van der Waals surface area (Å²) in [5, 5.41) is 5.30. The van der Waals surface area contributed by atoms with Gasteiger partial charge in [-0.2, -0.15) is 0 Å². The lowest BCUT2D eigenvalue weighted by atomic mass is 10.1. The van der Waals surface area contributed by atoms with Crippen LogP contribution in [0.3, 0.4) is 0 Å². The van der Waals surface area contributed by atoms with Crippen molar-refractivity contribution in [2.75, 3.05) is 12.4 Å². The number of nitrogens with one attached hydrogen (secondary N) is 2. The van der Waals surface area contributed by atoms with Crippen LogP contribution < -0.4 is 10.6 Å². The Labute approximate surface area is 78.2 Å². The van der Waals surface area contributed by atoms with Crippen LogP contribution in [0.5, 0.6) is 0 Å². The van der Waals surface area contributed by atoms with Gasteiger partial charge in [0.05, 0.1) is 0 Å². The third-order valence-electron chi connectivity index (χ3n) is 1.95. The lowest BCUT2D eigenvalue weighted by molar-refractivity contribution is 0.254. The molecule has 0 radical (unpaired) electrons. The van der Waals surface area contributed by atoms with E-state index < -0.39 is 0 Å². The average molecular weight is 178 g/mol. The number of hydrogen-bond acceptors (Lipinski definition) is 1. The Morgan fingerprint density at radius 1 is 1.23 bits per heavy atom. The average Bonchev–Trinajstić information content (AvgIpc) is 2.11. The first-order valence-electron chi connectivity index (χ1n) is 4.20. The molecule has 0 aliphatic heterocycles. The molecule has 0 aliphatic rings. The Morgan fingerprint density at radius 3 is 2.23 bits per heavy atom. The second-order valence-corrected chi connectivity index (χ2v) is 2.97. The Bertz CT molecular complexity index is 300. The SMILES string of the molecule is CNC(=O)Nc1c(C)cccc1C. The van der Waals surface area contributed by atoms with Gasteiger partial charge in [-0.3, -0.25) is 0 Å². The fourth-order valence-corrected chi connectivity index (χ4v) is 1.19. The molecule has 0 saturated heterocycles. The minimum atomic E-state index is -0.183. The van der Waals surface area contributed by atoms with Crippen molar-refractivity contribution in [3.05, 3.63) is 29.3 Å². The lowest BCUT2D eigenvalue weighted by Gasteiger charge is -2.10. The van der Waals surface area contributed by atoms with Crippen molar-refractivity contribution >= 4 is 11.7 Å². The normalized spacial score (nSPS) is 9.46. The van der Waals surface area contributed by atoms with Crippen molar-refractivity contribution in [1.82, 2.24) is 5.32 Å². The minimum absolute atomic E-state index is 0.183. The van der Waals surface area contributed by atoms with Gasteiger partial charge in [-0.1, -0.05) is 18.2 Å². The van der Waals surface area contributed by atoms with E-state index in [-0.39, 0.29) is 6.03 Å². The van der Waals surface area contributed by atoms with Gasteiger partial charge >= 0.3 is 6.03 Å². The van der Waals surface area contributed by atoms with Gasteiger partial charge in [0.1, 0.15) is 0 Å². The summed E-state index contributed by atoms with van der Waals surface area (Å²) >= 11 is 0. The molecular weight excluding hydrogens is 164 g/mol. The standard InChI is InChI=1S/C10H14N2O/c1-7-5-4-6-8(2)9(7)12-10(13)11-3/h4-6H,1-3H3,(H2,11,12,13). The van der Waals surface area contributed by atoms with Crippen molar-refractivity contribution in [3.8, 4) is 0 Å². The predicted molar refractivity (Wildman–Crippen MR) is 54.0 cm³/mol. The summed E-state index contributed by atoms with van der Waals surface area (Å²) in [4.78, 5) is 11.1. The molecular formula is C10H14N2O. The molecule has 3 heteroatoms. The van der Waals surface area contributed by atoms with Crippen LogP contribution in [0.15, 0.2) is 18.2 Å². The van der Waals surface area contributed by atoms with E-state index >= 15 is 0 Å². The largest absolute Gasteiger partial charge is 0.341 e. The van der Waals surface area contributed by atoms with E-state index in [4.69, 9.17) is 0 Å². The molecule has 3 nitrogen and oxygen atoms in total. The Kier molecular flexibility index (Phi) is 2.90. The van der Waals surface area contributed by atoms with E-state index in [1.807, 2.05) is 32.0 Å². The van der Waals surface area contributed by atoms with E-state index in [9.17, 15) is 4.79 Å². The number of carbonyl (C=O) groups excluding carboxylic acids is 1. The smallest absolute Gasteiger partial charge is 0.318 e. The van der Waals surface area contributed by atoms with Crippen LogP contribution in [-0.2, 0) is 0 Å². The third kappa shape index (κ3) is 2.21. The quantitative estimate of drug-likeness (QED) is 0.679.